The van der Waals surface area contributed by atoms with Gasteiger partial charge in [0.2, 0.25) is 5.76 Å². The van der Waals surface area contributed by atoms with Gasteiger partial charge in [-0.05, 0) is 18.9 Å². The average Bonchev–Trinajstić information content (AvgIpc) is 2.87. The fourth-order valence-electron chi connectivity index (χ4n) is 3.77. The molecule has 0 spiro atoms. The highest BCUT2D eigenvalue weighted by Crippen LogP contribution is 2.33. The summed E-state index contributed by atoms with van der Waals surface area (Å²) in [6.45, 7) is 3.92. The Morgan fingerprint density at radius 1 is 1.11 bits per heavy atom. The Morgan fingerprint density at radius 3 is 2.26 bits per heavy atom. The van der Waals surface area contributed by atoms with Crippen LogP contribution in [0.1, 0.15) is 39.0 Å². The van der Waals surface area contributed by atoms with Crippen LogP contribution in [0, 0.1) is 11.8 Å². The first-order chi connectivity index (χ1) is 17.8. The first kappa shape index (κ1) is 30.7. The molecule has 0 bridgehead atoms. The van der Waals surface area contributed by atoms with Crippen LogP contribution in [0.5, 0.6) is 0 Å². The molecule has 7 atom stereocenters. The van der Waals surface area contributed by atoms with Gasteiger partial charge in [-0.3, -0.25) is 4.79 Å². The Morgan fingerprint density at radius 2 is 1.74 bits per heavy atom. The highest BCUT2D eigenvalue weighted by molar-refractivity contribution is 5.87. The summed E-state index contributed by atoms with van der Waals surface area (Å²) in [4.78, 5) is 41.8. The van der Waals surface area contributed by atoms with Crippen molar-refractivity contribution in [1.82, 2.24) is 0 Å². The van der Waals surface area contributed by atoms with Gasteiger partial charge in [-0.25, -0.2) is 9.79 Å². The van der Waals surface area contributed by atoms with E-state index in [9.17, 15) is 29.7 Å². The van der Waals surface area contributed by atoms with E-state index in [0.29, 0.717) is 5.56 Å². The molecule has 0 aliphatic carbocycles. The summed E-state index contributed by atoms with van der Waals surface area (Å²) in [6, 6.07) is 6.11. The smallest absolute Gasteiger partial charge is 0.376 e. The maximum absolute atomic E-state index is 13.2. The van der Waals surface area contributed by atoms with Gasteiger partial charge in [0.25, 0.3) is 6.29 Å². The molecule has 9 N–H and O–H groups in total. The van der Waals surface area contributed by atoms with Crippen LogP contribution < -0.4 is 17.2 Å². The summed E-state index contributed by atoms with van der Waals surface area (Å²) in [5, 5.41) is 30.0. The number of carbonyl (C=O) groups excluding carboxylic acids is 3. The van der Waals surface area contributed by atoms with E-state index in [-0.39, 0.29) is 24.1 Å². The lowest BCUT2D eigenvalue weighted by Crippen LogP contribution is -2.51. The normalized spacial score (nSPS) is 22.2. The molecule has 0 amide bonds. The van der Waals surface area contributed by atoms with Crippen molar-refractivity contribution in [3.8, 4) is 0 Å². The van der Waals surface area contributed by atoms with E-state index in [4.69, 9.17) is 31.4 Å². The molecule has 0 fully saturated rings. The Hall–Kier alpha value is -3.52. The number of hydrogen-bond acceptors (Lipinski definition) is 11. The van der Waals surface area contributed by atoms with Crippen molar-refractivity contribution >= 4 is 23.7 Å². The Bertz CT molecular complexity index is 1030. The van der Waals surface area contributed by atoms with Crippen LogP contribution in [0.15, 0.2) is 47.2 Å². The SMILES string of the molecule is CC(=O)C[C@H]1[C@H]([C@@H](O)[C@H](O)CO)OC(C(=O)OC(OC(=O)[C@@H](N)C(C)C)c2ccccc2)=C[C@@H]1N=C(N)N. The number of aliphatic hydroxyl groups is 3. The number of ketones is 1. The van der Waals surface area contributed by atoms with Crippen molar-refractivity contribution < 1.29 is 43.9 Å². The number of hydrogen-bond donors (Lipinski definition) is 6. The van der Waals surface area contributed by atoms with Crippen LogP contribution in [-0.4, -0.2) is 76.0 Å². The van der Waals surface area contributed by atoms with Crippen molar-refractivity contribution in [3.05, 3.63) is 47.7 Å². The summed E-state index contributed by atoms with van der Waals surface area (Å²) in [7, 11) is 0. The summed E-state index contributed by atoms with van der Waals surface area (Å²) in [5.74, 6) is -4.23. The van der Waals surface area contributed by atoms with Gasteiger partial charge >= 0.3 is 11.9 Å². The zero-order chi connectivity index (χ0) is 28.6. The van der Waals surface area contributed by atoms with Crippen molar-refractivity contribution in [1.29, 1.82) is 0 Å². The maximum atomic E-state index is 13.2. The van der Waals surface area contributed by atoms with Gasteiger partial charge < -0.3 is 51.5 Å². The summed E-state index contributed by atoms with van der Waals surface area (Å²) < 4.78 is 16.5. The number of aliphatic imine (C=N–C) groups is 1. The molecule has 13 heteroatoms. The Labute approximate surface area is 220 Å². The minimum atomic E-state index is -1.73. The van der Waals surface area contributed by atoms with Gasteiger partial charge in [-0.2, -0.15) is 0 Å². The lowest BCUT2D eigenvalue weighted by Gasteiger charge is -2.38. The second-order valence-electron chi connectivity index (χ2n) is 9.32. The highest BCUT2D eigenvalue weighted by Gasteiger charge is 2.44. The third-order valence-electron chi connectivity index (χ3n) is 5.89. The van der Waals surface area contributed by atoms with E-state index >= 15 is 0 Å². The molecule has 13 nitrogen and oxygen atoms in total. The number of carbonyl (C=O) groups is 3. The van der Waals surface area contributed by atoms with Gasteiger partial charge in [-0.15, -0.1) is 0 Å². The molecule has 0 saturated heterocycles. The van der Waals surface area contributed by atoms with Crippen LogP contribution >= 0.6 is 0 Å². The standard InChI is InChI=1S/C25H36N4O9/c1-12(2)19(26)23(35)38-24(14-7-5-4-6-8-14)37-22(34)18-10-16(29-25(27)28)15(9-13(3)31)21(36-18)20(33)17(32)11-30/h4-8,10,12,15-17,19-21,24,30,32-33H,9,11,26H2,1-3H3,(H4,27,28,29)/t15-,16+,17-,19+,20+,21-,24?/m1/s1. The molecule has 1 aromatic rings. The van der Waals surface area contributed by atoms with Gasteiger partial charge in [0.1, 0.15) is 30.1 Å². The van der Waals surface area contributed by atoms with Crippen molar-refractivity contribution in [3.63, 3.8) is 0 Å². The van der Waals surface area contributed by atoms with E-state index in [2.05, 4.69) is 4.99 Å². The third-order valence-corrected chi connectivity index (χ3v) is 5.89. The zero-order valence-electron chi connectivity index (χ0n) is 21.5. The predicted molar refractivity (Wildman–Crippen MR) is 135 cm³/mol. The van der Waals surface area contributed by atoms with E-state index in [1.54, 1.807) is 44.2 Å². The molecular weight excluding hydrogens is 500 g/mol. The summed E-state index contributed by atoms with van der Waals surface area (Å²) in [5.41, 5.74) is 17.3. The molecule has 1 unspecified atom stereocenters. The van der Waals surface area contributed by atoms with E-state index in [1.807, 2.05) is 0 Å². The van der Waals surface area contributed by atoms with E-state index in [1.165, 1.54) is 13.0 Å². The lowest BCUT2D eigenvalue weighted by molar-refractivity contribution is -0.193. The maximum Gasteiger partial charge on any atom is 0.376 e. The lowest BCUT2D eigenvalue weighted by atomic mass is 9.83. The first-order valence-electron chi connectivity index (χ1n) is 12.0. The van der Waals surface area contributed by atoms with Crippen molar-refractivity contribution in [2.75, 3.05) is 6.61 Å². The fraction of sp³-hybridized carbons (Fsp3) is 0.520. The van der Waals surface area contributed by atoms with Gasteiger partial charge in [0.05, 0.1) is 12.6 Å². The summed E-state index contributed by atoms with van der Waals surface area (Å²) in [6.07, 6.45) is -5.28. The summed E-state index contributed by atoms with van der Waals surface area (Å²) >= 11 is 0. The van der Waals surface area contributed by atoms with Gasteiger partial charge in [-0.1, -0.05) is 44.2 Å². The van der Waals surface area contributed by atoms with Gasteiger partial charge in [0.15, 0.2) is 5.96 Å². The van der Waals surface area contributed by atoms with Crippen LogP contribution in [0.4, 0.5) is 0 Å². The van der Waals surface area contributed by atoms with Crippen molar-refractivity contribution in [2.24, 2.45) is 34.0 Å². The molecule has 1 heterocycles. The largest absolute Gasteiger partial charge is 0.480 e. The minimum absolute atomic E-state index is 0.183. The number of rotatable bonds is 12. The number of Topliss-reactive ketones (excluding diaryl/α,β-unsaturated/α-hetero) is 1. The van der Waals surface area contributed by atoms with Crippen LogP contribution in [0.3, 0.4) is 0 Å². The third kappa shape index (κ3) is 8.25. The number of guanidine groups is 1. The molecule has 2 rings (SSSR count). The highest BCUT2D eigenvalue weighted by atomic mass is 16.7. The molecule has 38 heavy (non-hydrogen) atoms. The van der Waals surface area contributed by atoms with Gasteiger partial charge in [0, 0.05) is 17.9 Å². The molecule has 1 aliphatic rings. The molecule has 0 radical (unpaired) electrons. The van der Waals surface area contributed by atoms with E-state index in [0.717, 1.165) is 0 Å². The topological polar surface area (TPSA) is 230 Å². The molecular formula is C25H36N4O9. The van der Waals surface area contributed by atoms with Crippen LogP contribution in [-0.2, 0) is 28.6 Å². The van der Waals surface area contributed by atoms with E-state index < -0.39 is 66.9 Å². The predicted octanol–water partition coefficient (Wildman–Crippen LogP) is -1.01. The van der Waals surface area contributed by atoms with Crippen molar-refractivity contribution in [2.45, 2.75) is 63.9 Å². The fourth-order valence-corrected chi connectivity index (χ4v) is 3.77. The second kappa shape index (κ2) is 13.9. The number of benzene rings is 1. The average molecular weight is 537 g/mol. The van der Waals surface area contributed by atoms with Crippen LogP contribution in [0.2, 0.25) is 0 Å². The molecule has 1 aliphatic heterocycles. The number of nitrogens with two attached hydrogens (primary N) is 3. The monoisotopic (exact) mass is 536 g/mol. The number of esters is 2. The Kier molecular flexibility index (Phi) is 11.2. The number of ether oxygens (including phenoxy) is 3. The molecule has 210 valence electrons. The quantitative estimate of drug-likeness (QED) is 0.0816. The molecule has 1 aromatic carbocycles. The second-order valence-corrected chi connectivity index (χ2v) is 9.32. The number of nitrogens with zero attached hydrogens (tertiary/aromatic N) is 1. The molecule has 0 aromatic heterocycles. The first-order valence-corrected chi connectivity index (χ1v) is 12.0. The minimum Gasteiger partial charge on any atom is -0.480 e. The molecule has 0 saturated carbocycles. The Balaban J connectivity index is 2.44. The van der Waals surface area contributed by atoms with Crippen LogP contribution in [0.25, 0.3) is 0 Å². The zero-order valence-corrected chi connectivity index (χ0v) is 21.5. The number of aliphatic hydroxyl groups excluding tert-OH is 3.